The molecule has 2 aromatic rings. The van der Waals surface area contributed by atoms with Gasteiger partial charge in [0.1, 0.15) is 0 Å². The van der Waals surface area contributed by atoms with Crippen LogP contribution in [0.2, 0.25) is 0 Å². The third kappa shape index (κ3) is 5.44. The highest BCUT2D eigenvalue weighted by Crippen LogP contribution is 2.23. The molecule has 0 aliphatic rings. The van der Waals surface area contributed by atoms with Crippen LogP contribution in [0.3, 0.4) is 0 Å². The molecule has 1 N–H and O–H groups in total. The van der Waals surface area contributed by atoms with Crippen LogP contribution in [0.1, 0.15) is 34.6 Å². The van der Waals surface area contributed by atoms with Gasteiger partial charge in [-0.15, -0.1) is 0 Å². The summed E-state index contributed by atoms with van der Waals surface area (Å²) in [5.41, 5.74) is -0.223. The zero-order valence-electron chi connectivity index (χ0n) is 18.0. The van der Waals surface area contributed by atoms with Crippen molar-refractivity contribution in [2.75, 3.05) is 32.0 Å². The van der Waals surface area contributed by atoms with Crippen molar-refractivity contribution in [1.82, 2.24) is 4.31 Å². The molecule has 32 heavy (non-hydrogen) atoms. The molecule has 12 heteroatoms. The fourth-order valence-electron chi connectivity index (χ4n) is 2.85. The number of anilines is 1. The fourth-order valence-corrected chi connectivity index (χ4v) is 5.43. The number of hydrogen-bond acceptors (Lipinski definition) is 8. The lowest BCUT2D eigenvalue weighted by Crippen LogP contribution is -2.30. The summed E-state index contributed by atoms with van der Waals surface area (Å²) >= 11 is 0. The van der Waals surface area contributed by atoms with Gasteiger partial charge in [-0.05, 0) is 42.5 Å². The molecule has 0 amide bonds. The number of carbonyl (C=O) groups excluding carboxylic acids is 2. The molecule has 0 unspecified atom stereocenters. The summed E-state index contributed by atoms with van der Waals surface area (Å²) in [6, 6.07) is 8.45. The molecule has 0 fully saturated rings. The normalized spacial score (nSPS) is 11.8. The third-order valence-corrected chi connectivity index (χ3v) is 7.93. The number of carbonyl (C=O) groups is 2. The maximum atomic E-state index is 12.9. The number of esters is 2. The Kier molecular flexibility index (Phi) is 7.99. The summed E-state index contributed by atoms with van der Waals surface area (Å²) in [6.45, 7) is 4.03. The van der Waals surface area contributed by atoms with E-state index in [9.17, 15) is 26.4 Å². The lowest BCUT2D eigenvalue weighted by Gasteiger charge is -2.18. The minimum atomic E-state index is -4.24. The second-order valence-corrected chi connectivity index (χ2v) is 10.1. The van der Waals surface area contributed by atoms with Crippen LogP contribution in [0.25, 0.3) is 0 Å². The van der Waals surface area contributed by atoms with Gasteiger partial charge in [-0.3, -0.25) is 4.72 Å². The highest BCUT2D eigenvalue weighted by molar-refractivity contribution is 7.92. The van der Waals surface area contributed by atoms with Crippen molar-refractivity contribution in [3.63, 3.8) is 0 Å². The predicted octanol–water partition coefficient (Wildman–Crippen LogP) is 2.09. The number of benzene rings is 2. The van der Waals surface area contributed by atoms with Crippen LogP contribution in [0.4, 0.5) is 5.69 Å². The molecule has 0 aliphatic heterocycles. The van der Waals surface area contributed by atoms with E-state index in [1.165, 1.54) is 28.6 Å². The first-order valence-electron chi connectivity index (χ1n) is 9.44. The van der Waals surface area contributed by atoms with Gasteiger partial charge in [0.05, 0.1) is 35.1 Å². The van der Waals surface area contributed by atoms with Gasteiger partial charge in [0.25, 0.3) is 10.0 Å². The molecule has 10 nitrogen and oxygen atoms in total. The average molecular weight is 485 g/mol. The van der Waals surface area contributed by atoms with Crippen LogP contribution in [0, 0.1) is 0 Å². The van der Waals surface area contributed by atoms with Crippen molar-refractivity contribution < 1.29 is 35.9 Å². The maximum absolute atomic E-state index is 12.9. The molecule has 0 saturated carbocycles. The number of methoxy groups -OCH3 is 2. The van der Waals surface area contributed by atoms with Gasteiger partial charge in [0.15, 0.2) is 0 Å². The van der Waals surface area contributed by atoms with Crippen molar-refractivity contribution in [3.8, 4) is 0 Å². The maximum Gasteiger partial charge on any atom is 0.337 e. The molecular weight excluding hydrogens is 460 g/mol. The molecule has 0 aromatic heterocycles. The Labute approximate surface area is 187 Å². The minimum Gasteiger partial charge on any atom is -0.465 e. The predicted molar refractivity (Wildman–Crippen MR) is 116 cm³/mol. The van der Waals surface area contributed by atoms with E-state index in [0.717, 1.165) is 32.4 Å². The van der Waals surface area contributed by atoms with Crippen molar-refractivity contribution in [3.05, 3.63) is 53.6 Å². The van der Waals surface area contributed by atoms with E-state index in [0.29, 0.717) is 13.1 Å². The quantitative estimate of drug-likeness (QED) is 0.534. The van der Waals surface area contributed by atoms with Crippen molar-refractivity contribution in [2.45, 2.75) is 23.6 Å². The third-order valence-electron chi connectivity index (χ3n) is 4.51. The van der Waals surface area contributed by atoms with Gasteiger partial charge >= 0.3 is 11.9 Å². The topological polar surface area (TPSA) is 136 Å². The van der Waals surface area contributed by atoms with E-state index in [1.807, 2.05) is 0 Å². The first-order chi connectivity index (χ1) is 15.0. The summed E-state index contributed by atoms with van der Waals surface area (Å²) < 4.78 is 63.7. The molecule has 2 rings (SSSR count). The largest absolute Gasteiger partial charge is 0.465 e. The smallest absolute Gasteiger partial charge is 0.337 e. The summed E-state index contributed by atoms with van der Waals surface area (Å²) in [6.07, 6.45) is 0. The van der Waals surface area contributed by atoms with Gasteiger partial charge in [-0.25, -0.2) is 26.4 Å². The van der Waals surface area contributed by atoms with Crippen LogP contribution in [0.15, 0.2) is 52.3 Å². The zero-order chi connectivity index (χ0) is 24.1. The number of nitrogens with one attached hydrogen (secondary N) is 1. The summed E-state index contributed by atoms with van der Waals surface area (Å²) in [7, 11) is -5.70. The summed E-state index contributed by atoms with van der Waals surface area (Å²) in [5.74, 6) is -1.67. The van der Waals surface area contributed by atoms with E-state index >= 15 is 0 Å². The Bertz CT molecular complexity index is 1170. The minimum absolute atomic E-state index is 0.0183. The second kappa shape index (κ2) is 10.1. The van der Waals surface area contributed by atoms with Gasteiger partial charge in [-0.2, -0.15) is 4.31 Å². The van der Waals surface area contributed by atoms with Gasteiger partial charge < -0.3 is 9.47 Å². The Morgan fingerprint density at radius 3 is 1.69 bits per heavy atom. The standard InChI is InChI=1S/C20H24N2O8S2/c1-5-22(6-2)32(27,28)17-9-7-16(8-10-17)21-31(25,26)18-12-14(19(23)29-3)11-15(13-18)20(24)30-4/h7-13,21H,5-6H2,1-4H3. The number of hydrogen-bond donors (Lipinski definition) is 1. The van der Waals surface area contributed by atoms with Crippen molar-refractivity contribution >= 4 is 37.7 Å². The van der Waals surface area contributed by atoms with Crippen LogP contribution in [-0.4, -0.2) is 60.4 Å². The second-order valence-electron chi connectivity index (χ2n) is 6.45. The zero-order valence-corrected chi connectivity index (χ0v) is 19.6. The number of sulfonamides is 2. The van der Waals surface area contributed by atoms with Crippen LogP contribution in [0.5, 0.6) is 0 Å². The van der Waals surface area contributed by atoms with Crippen molar-refractivity contribution in [1.29, 1.82) is 0 Å². The van der Waals surface area contributed by atoms with Crippen LogP contribution >= 0.6 is 0 Å². The number of ether oxygens (including phenoxy) is 2. The molecule has 0 spiro atoms. The van der Waals surface area contributed by atoms with E-state index in [4.69, 9.17) is 0 Å². The lowest BCUT2D eigenvalue weighted by atomic mass is 10.1. The van der Waals surface area contributed by atoms with Crippen LogP contribution in [-0.2, 0) is 29.5 Å². The van der Waals surface area contributed by atoms with Gasteiger partial charge in [0, 0.05) is 18.8 Å². The molecular formula is C20H24N2O8S2. The SMILES string of the molecule is CCN(CC)S(=O)(=O)c1ccc(NS(=O)(=O)c2cc(C(=O)OC)cc(C(=O)OC)c2)cc1. The molecule has 0 radical (unpaired) electrons. The Hall–Kier alpha value is -2.96. The highest BCUT2D eigenvalue weighted by atomic mass is 32.2. The molecule has 0 aliphatic carbocycles. The van der Waals surface area contributed by atoms with E-state index in [-0.39, 0.29) is 26.6 Å². The molecule has 0 bridgehead atoms. The van der Waals surface area contributed by atoms with E-state index in [2.05, 4.69) is 14.2 Å². The fraction of sp³-hybridized carbons (Fsp3) is 0.300. The molecule has 0 atom stereocenters. The monoisotopic (exact) mass is 484 g/mol. The number of rotatable bonds is 9. The highest BCUT2D eigenvalue weighted by Gasteiger charge is 2.23. The van der Waals surface area contributed by atoms with Crippen molar-refractivity contribution in [2.24, 2.45) is 0 Å². The summed E-state index contributed by atoms with van der Waals surface area (Å²) in [4.78, 5) is 23.4. The summed E-state index contributed by atoms with van der Waals surface area (Å²) in [5, 5.41) is 0. The number of nitrogens with zero attached hydrogens (tertiary/aromatic N) is 1. The van der Waals surface area contributed by atoms with Gasteiger partial charge in [-0.1, -0.05) is 13.8 Å². The lowest BCUT2D eigenvalue weighted by molar-refractivity contribution is 0.0598. The Morgan fingerprint density at radius 2 is 1.28 bits per heavy atom. The van der Waals surface area contributed by atoms with E-state index < -0.39 is 32.0 Å². The first kappa shape index (κ1) is 25.3. The first-order valence-corrected chi connectivity index (χ1v) is 12.4. The molecule has 174 valence electrons. The van der Waals surface area contributed by atoms with Crippen LogP contribution < -0.4 is 4.72 Å². The Morgan fingerprint density at radius 1 is 0.812 bits per heavy atom. The molecule has 2 aromatic carbocycles. The van der Waals surface area contributed by atoms with Gasteiger partial charge in [0.2, 0.25) is 10.0 Å². The molecule has 0 heterocycles. The average Bonchev–Trinajstić information content (AvgIpc) is 2.78. The van der Waals surface area contributed by atoms with E-state index in [1.54, 1.807) is 13.8 Å². The molecule has 0 saturated heterocycles. The Balaban J connectivity index is 2.41.